The van der Waals surface area contributed by atoms with Crippen LogP contribution in [0, 0.1) is 13.8 Å². The minimum absolute atomic E-state index is 0.185. The maximum Gasteiger partial charge on any atom is 0.255 e. The first-order chi connectivity index (χ1) is 9.61. The van der Waals surface area contributed by atoms with Crippen LogP contribution in [0.3, 0.4) is 0 Å². The van der Waals surface area contributed by atoms with E-state index >= 15 is 0 Å². The van der Waals surface area contributed by atoms with E-state index in [9.17, 15) is 4.79 Å². The van der Waals surface area contributed by atoms with Crippen molar-refractivity contribution in [3.8, 4) is 0 Å². The Morgan fingerprint density at radius 2 is 1.70 bits per heavy atom. The number of aryl methyl sites for hydroxylation is 2. The van der Waals surface area contributed by atoms with Gasteiger partial charge in [-0.15, -0.1) is 0 Å². The van der Waals surface area contributed by atoms with Crippen LogP contribution < -0.4 is 5.32 Å². The second kappa shape index (κ2) is 5.91. The molecule has 0 saturated heterocycles. The molecule has 0 bridgehead atoms. The number of nitrogens with one attached hydrogen (secondary N) is 1. The molecule has 0 unspecified atom stereocenters. The Labute approximate surface area is 116 Å². The molecule has 0 saturated carbocycles. The van der Waals surface area contributed by atoms with Crippen molar-refractivity contribution < 1.29 is 4.79 Å². The highest BCUT2D eigenvalue weighted by Gasteiger charge is 2.09. The summed E-state index contributed by atoms with van der Waals surface area (Å²) >= 11 is 0. The molecule has 0 fully saturated rings. The van der Waals surface area contributed by atoms with Crippen LogP contribution in [0.2, 0.25) is 0 Å². The highest BCUT2D eigenvalue weighted by Crippen LogP contribution is 2.21. The van der Waals surface area contributed by atoms with Gasteiger partial charge in [0.15, 0.2) is 0 Å². The summed E-state index contributed by atoms with van der Waals surface area (Å²) in [6.45, 7) is 3.90. The van der Waals surface area contributed by atoms with Gasteiger partial charge in [-0.3, -0.25) is 4.79 Å². The van der Waals surface area contributed by atoms with Gasteiger partial charge in [-0.1, -0.05) is 35.4 Å². The number of hydrogen-bond acceptors (Lipinski definition) is 2. The van der Waals surface area contributed by atoms with Crippen LogP contribution in [0.4, 0.5) is 11.4 Å². The monoisotopic (exact) mass is 266 g/mol. The molecule has 0 spiro atoms. The molecule has 5 nitrogen and oxygen atoms in total. The third-order valence-corrected chi connectivity index (χ3v) is 3.01. The molecule has 5 heteroatoms. The Morgan fingerprint density at radius 1 is 1.10 bits per heavy atom. The molecule has 0 aliphatic rings. The van der Waals surface area contributed by atoms with Crippen molar-refractivity contribution in [2.45, 2.75) is 13.8 Å². The van der Waals surface area contributed by atoms with E-state index < -0.39 is 0 Å². The number of carbonyl (C=O) groups is 1. The highest BCUT2D eigenvalue weighted by molar-refractivity contribution is 6.05. The first-order valence-corrected chi connectivity index (χ1v) is 6.14. The number of nitrogens with zero attached hydrogens (tertiary/aromatic N) is 3. The van der Waals surface area contributed by atoms with Crippen molar-refractivity contribution >= 4 is 17.3 Å². The first kappa shape index (κ1) is 13.6. The Bertz CT molecular complexity index is 665. The predicted molar refractivity (Wildman–Crippen MR) is 79.1 cm³/mol. The summed E-state index contributed by atoms with van der Waals surface area (Å²) in [7, 11) is 0. The van der Waals surface area contributed by atoms with Gasteiger partial charge in [-0.05, 0) is 42.6 Å². The van der Waals surface area contributed by atoms with E-state index in [2.05, 4.69) is 15.3 Å². The average Bonchev–Trinajstić information content (AvgIpc) is 2.44. The lowest BCUT2D eigenvalue weighted by Gasteiger charge is -2.11. The number of hydrogen-bond donors (Lipinski definition) is 1. The van der Waals surface area contributed by atoms with Crippen molar-refractivity contribution in [2.24, 2.45) is 5.11 Å². The van der Waals surface area contributed by atoms with Gasteiger partial charge in [-0.25, -0.2) is 0 Å². The zero-order valence-corrected chi connectivity index (χ0v) is 11.3. The van der Waals surface area contributed by atoms with Crippen LogP contribution in [-0.4, -0.2) is 5.91 Å². The molecule has 20 heavy (non-hydrogen) atoms. The number of rotatable bonds is 3. The Balaban J connectivity index is 2.22. The summed E-state index contributed by atoms with van der Waals surface area (Å²) in [5.41, 5.74) is 12.2. The minimum atomic E-state index is -0.185. The molecule has 1 N–H and O–H groups in total. The fourth-order valence-corrected chi connectivity index (χ4v) is 1.93. The van der Waals surface area contributed by atoms with Crippen molar-refractivity contribution in [3.05, 3.63) is 69.6 Å². The lowest BCUT2D eigenvalue weighted by molar-refractivity contribution is 0.102. The van der Waals surface area contributed by atoms with Crippen molar-refractivity contribution in [1.82, 2.24) is 0 Å². The normalized spacial score (nSPS) is 9.70. The second-order valence-electron chi connectivity index (χ2n) is 4.46. The summed E-state index contributed by atoms with van der Waals surface area (Å²) in [5, 5.41) is 6.37. The molecule has 0 aromatic heterocycles. The molecule has 0 heterocycles. The van der Waals surface area contributed by atoms with Crippen LogP contribution in [0.5, 0.6) is 0 Å². The van der Waals surface area contributed by atoms with E-state index in [0.717, 1.165) is 16.8 Å². The van der Waals surface area contributed by atoms with E-state index in [1.165, 1.54) is 0 Å². The van der Waals surface area contributed by atoms with E-state index in [-0.39, 0.29) is 5.91 Å². The van der Waals surface area contributed by atoms with E-state index in [1.54, 1.807) is 24.3 Å². The minimum Gasteiger partial charge on any atom is -0.322 e. The predicted octanol–water partition coefficient (Wildman–Crippen LogP) is 4.50. The van der Waals surface area contributed by atoms with Gasteiger partial charge in [0.1, 0.15) is 0 Å². The number of para-hydroxylation sites is 1. The van der Waals surface area contributed by atoms with Gasteiger partial charge in [0.2, 0.25) is 0 Å². The SMILES string of the molecule is Cc1cccc(C)c1NC(=O)c1ccc(N=[N+]=[N-])cc1. The van der Waals surface area contributed by atoms with Gasteiger partial charge in [0, 0.05) is 21.8 Å². The summed E-state index contributed by atoms with van der Waals surface area (Å²) in [6.07, 6.45) is 0. The number of benzene rings is 2. The fraction of sp³-hybridized carbons (Fsp3) is 0.133. The maximum atomic E-state index is 12.2. The third kappa shape index (κ3) is 2.96. The molecular weight excluding hydrogens is 252 g/mol. The van der Waals surface area contributed by atoms with Gasteiger partial charge < -0.3 is 5.32 Å². The highest BCUT2D eigenvalue weighted by atomic mass is 16.1. The van der Waals surface area contributed by atoms with Crippen LogP contribution in [0.1, 0.15) is 21.5 Å². The summed E-state index contributed by atoms with van der Waals surface area (Å²) in [5.74, 6) is -0.185. The van der Waals surface area contributed by atoms with Gasteiger partial charge in [0.05, 0.1) is 0 Å². The van der Waals surface area contributed by atoms with Crippen LogP contribution in [0.15, 0.2) is 47.6 Å². The quantitative estimate of drug-likeness (QED) is 0.495. The molecule has 100 valence electrons. The van der Waals surface area contributed by atoms with Crippen LogP contribution >= 0.6 is 0 Å². The summed E-state index contributed by atoms with van der Waals surface area (Å²) < 4.78 is 0. The zero-order chi connectivity index (χ0) is 14.5. The average molecular weight is 266 g/mol. The molecule has 2 aromatic carbocycles. The van der Waals surface area contributed by atoms with Crippen molar-refractivity contribution in [3.63, 3.8) is 0 Å². The molecule has 0 radical (unpaired) electrons. The fourth-order valence-electron chi connectivity index (χ4n) is 1.93. The molecule has 0 aliphatic heterocycles. The smallest absolute Gasteiger partial charge is 0.255 e. The van der Waals surface area contributed by atoms with Gasteiger partial charge in [-0.2, -0.15) is 0 Å². The molecule has 0 atom stereocenters. The Kier molecular flexibility index (Phi) is 4.03. The summed E-state index contributed by atoms with van der Waals surface area (Å²) in [4.78, 5) is 14.9. The molecule has 1 amide bonds. The molecule has 2 aromatic rings. The Hall–Kier alpha value is -2.78. The number of anilines is 1. The molecule has 0 aliphatic carbocycles. The topological polar surface area (TPSA) is 77.9 Å². The third-order valence-electron chi connectivity index (χ3n) is 3.01. The van der Waals surface area contributed by atoms with E-state index in [1.807, 2.05) is 32.0 Å². The van der Waals surface area contributed by atoms with Crippen molar-refractivity contribution in [1.29, 1.82) is 0 Å². The second-order valence-corrected chi connectivity index (χ2v) is 4.46. The first-order valence-electron chi connectivity index (χ1n) is 6.14. The number of amides is 1. The van der Waals surface area contributed by atoms with E-state index in [4.69, 9.17) is 5.53 Å². The van der Waals surface area contributed by atoms with Crippen molar-refractivity contribution in [2.75, 3.05) is 5.32 Å². The van der Waals surface area contributed by atoms with Gasteiger partial charge >= 0.3 is 0 Å². The van der Waals surface area contributed by atoms with E-state index in [0.29, 0.717) is 11.3 Å². The summed E-state index contributed by atoms with van der Waals surface area (Å²) in [6, 6.07) is 12.3. The van der Waals surface area contributed by atoms with Crippen LogP contribution in [-0.2, 0) is 0 Å². The number of azide groups is 1. The lowest BCUT2D eigenvalue weighted by atomic mass is 10.1. The number of carbonyl (C=O) groups excluding carboxylic acids is 1. The molecular formula is C15H14N4O. The molecule has 2 rings (SSSR count). The van der Waals surface area contributed by atoms with Crippen LogP contribution in [0.25, 0.3) is 10.4 Å². The standard InChI is InChI=1S/C15H14N4O/c1-10-4-3-5-11(2)14(10)17-15(20)12-6-8-13(9-7-12)18-19-16/h3-9H,1-2H3,(H,17,20). The lowest BCUT2D eigenvalue weighted by Crippen LogP contribution is -2.13. The van der Waals surface area contributed by atoms with Gasteiger partial charge in [0.25, 0.3) is 5.91 Å². The maximum absolute atomic E-state index is 12.2. The Morgan fingerprint density at radius 3 is 2.25 bits per heavy atom. The largest absolute Gasteiger partial charge is 0.322 e. The zero-order valence-electron chi connectivity index (χ0n) is 11.3.